The van der Waals surface area contributed by atoms with Crippen LogP contribution in [0.5, 0.6) is 28.7 Å². The molecule has 11 aromatic rings. The van der Waals surface area contributed by atoms with Gasteiger partial charge in [0.15, 0.2) is 11.5 Å². The molecule has 5 N–H and O–H groups in total. The summed E-state index contributed by atoms with van der Waals surface area (Å²) in [6, 6.07) is 66.4. The maximum atomic E-state index is 10.6. The fourth-order valence-corrected chi connectivity index (χ4v) is 8.95. The van der Waals surface area contributed by atoms with Crippen LogP contribution in [0.3, 0.4) is 0 Å². The van der Waals surface area contributed by atoms with Crippen molar-refractivity contribution in [2.24, 2.45) is 0 Å². The fourth-order valence-electron chi connectivity index (χ4n) is 8.95. The molecule has 0 unspecified atom stereocenters. The van der Waals surface area contributed by atoms with Crippen LogP contribution in [-0.2, 0) is 0 Å². The number of phenols is 5. The summed E-state index contributed by atoms with van der Waals surface area (Å²) in [5.41, 5.74) is 11.7. The van der Waals surface area contributed by atoms with E-state index in [1.165, 1.54) is 21.8 Å². The minimum absolute atomic E-state index is 0.202. The van der Waals surface area contributed by atoms with Crippen LogP contribution in [0.2, 0.25) is 0 Å². The minimum atomic E-state index is -0.998. The molecule has 0 aliphatic carbocycles. The predicted octanol–water partition coefficient (Wildman–Crippen LogP) is 13.2. The van der Waals surface area contributed by atoms with Gasteiger partial charge in [-0.15, -0.1) is 0 Å². The Balaban J connectivity index is 0.980. The molecule has 0 radical (unpaired) electrons. The van der Waals surface area contributed by atoms with E-state index in [-0.39, 0.29) is 5.56 Å². The van der Waals surface area contributed by atoms with Crippen molar-refractivity contribution in [3.63, 3.8) is 0 Å². The normalized spacial score (nSPS) is 11.5. The number of fused-ring (bicyclic) bond motifs is 6. The number of anilines is 3. The largest absolute Gasteiger partial charge is 0.504 e. The first-order valence-electron chi connectivity index (χ1n) is 20.2. The van der Waals surface area contributed by atoms with Gasteiger partial charge >= 0.3 is 0 Å². The maximum Gasteiger partial charge on any atom is 0.208 e. The van der Waals surface area contributed by atoms with Crippen LogP contribution in [0.15, 0.2) is 194 Å². The number of para-hydroxylation sites is 4. The summed E-state index contributed by atoms with van der Waals surface area (Å²) in [7, 11) is 0. The summed E-state index contributed by atoms with van der Waals surface area (Å²) >= 11 is 0. The second-order valence-corrected chi connectivity index (χ2v) is 15.4. The standard InChI is InChI=1S/C54H37N3O5/c58-50-49(51(59)53(61)54(62)52(50)60)33-19-23-38(24-20-33)55(36-11-3-1-4-12-36)39-25-27-40(28-26-39)57-46-18-10-8-16-42(46)44-32-35(22-30-48(44)57)34-21-29-47-43(31-34)41-15-7-9-17-45(41)56(47)37-13-5-2-6-14-37/h1-32,58-62H. The summed E-state index contributed by atoms with van der Waals surface area (Å²) in [4.78, 5) is 2.09. The average Bonchev–Trinajstić information content (AvgIpc) is 3.84. The van der Waals surface area contributed by atoms with Gasteiger partial charge in [-0.2, -0.15) is 0 Å². The molecule has 0 bridgehead atoms. The molecule has 0 aliphatic rings. The molecule has 2 aromatic heterocycles. The van der Waals surface area contributed by atoms with E-state index in [2.05, 4.69) is 147 Å². The van der Waals surface area contributed by atoms with Crippen molar-refractivity contribution < 1.29 is 25.5 Å². The van der Waals surface area contributed by atoms with Crippen LogP contribution in [-0.4, -0.2) is 34.7 Å². The number of hydrogen-bond acceptors (Lipinski definition) is 6. The zero-order valence-electron chi connectivity index (χ0n) is 33.1. The molecule has 0 saturated heterocycles. The number of rotatable bonds is 7. The van der Waals surface area contributed by atoms with Crippen molar-refractivity contribution in [1.29, 1.82) is 0 Å². The van der Waals surface area contributed by atoms with Crippen molar-refractivity contribution in [1.82, 2.24) is 9.13 Å². The van der Waals surface area contributed by atoms with Crippen LogP contribution < -0.4 is 4.90 Å². The average molecular weight is 808 g/mol. The van der Waals surface area contributed by atoms with Gasteiger partial charge in [-0.1, -0.05) is 97.1 Å². The van der Waals surface area contributed by atoms with Crippen molar-refractivity contribution in [3.05, 3.63) is 194 Å². The summed E-state index contributed by atoms with van der Waals surface area (Å²) in [6.45, 7) is 0. The Kier molecular flexibility index (Phi) is 8.40. The van der Waals surface area contributed by atoms with Crippen LogP contribution in [0, 0.1) is 0 Å². The van der Waals surface area contributed by atoms with E-state index in [1.807, 2.05) is 48.5 Å². The molecule has 8 heteroatoms. The molecule has 62 heavy (non-hydrogen) atoms. The maximum absolute atomic E-state index is 10.6. The lowest BCUT2D eigenvalue weighted by Gasteiger charge is -2.26. The quantitative estimate of drug-likeness (QED) is 0.0809. The zero-order chi connectivity index (χ0) is 42.1. The SMILES string of the molecule is Oc1c(O)c(O)c(-c2ccc(N(c3ccccc3)c3ccc(-n4c5ccccc5c5cc(-c6ccc7c(c6)c6ccccc6n7-c6ccccc6)ccc54)cc3)cc2)c(O)c1O. The third kappa shape index (κ3) is 5.69. The van der Waals surface area contributed by atoms with Crippen LogP contribution in [0.25, 0.3) is 77.2 Å². The summed E-state index contributed by atoms with van der Waals surface area (Å²) in [5, 5.41) is 56.2. The van der Waals surface area contributed by atoms with Gasteiger partial charge < -0.3 is 39.6 Å². The van der Waals surface area contributed by atoms with Gasteiger partial charge in [-0.25, -0.2) is 0 Å². The Morgan fingerprint density at radius 3 is 1.18 bits per heavy atom. The lowest BCUT2D eigenvalue weighted by Crippen LogP contribution is -2.10. The van der Waals surface area contributed by atoms with Gasteiger partial charge in [0.1, 0.15) is 0 Å². The molecule has 0 atom stereocenters. The zero-order valence-corrected chi connectivity index (χ0v) is 33.1. The molecule has 0 saturated carbocycles. The molecule has 9 aromatic carbocycles. The topological polar surface area (TPSA) is 114 Å². The second-order valence-electron chi connectivity index (χ2n) is 15.4. The molecule has 11 rings (SSSR count). The molecule has 0 aliphatic heterocycles. The van der Waals surface area contributed by atoms with E-state index < -0.39 is 28.7 Å². The first-order valence-corrected chi connectivity index (χ1v) is 20.2. The molecular weight excluding hydrogens is 771 g/mol. The van der Waals surface area contributed by atoms with Crippen molar-refractivity contribution in [2.75, 3.05) is 4.90 Å². The predicted molar refractivity (Wildman–Crippen MR) is 249 cm³/mol. The first-order chi connectivity index (χ1) is 30.4. The van der Waals surface area contributed by atoms with Gasteiger partial charge in [0.25, 0.3) is 0 Å². The number of aromatic nitrogens is 2. The molecule has 298 valence electrons. The van der Waals surface area contributed by atoms with Crippen molar-refractivity contribution >= 4 is 60.7 Å². The molecule has 8 nitrogen and oxygen atoms in total. The minimum Gasteiger partial charge on any atom is -0.504 e. The van der Waals surface area contributed by atoms with Crippen molar-refractivity contribution in [3.8, 4) is 62.4 Å². The Bertz CT molecular complexity index is 3480. The summed E-state index contributed by atoms with van der Waals surface area (Å²) in [5.74, 6) is -4.33. The Morgan fingerprint density at radius 2 is 0.661 bits per heavy atom. The van der Waals surface area contributed by atoms with E-state index in [1.54, 1.807) is 12.1 Å². The van der Waals surface area contributed by atoms with E-state index in [0.717, 1.165) is 61.4 Å². The van der Waals surface area contributed by atoms with E-state index in [0.29, 0.717) is 5.56 Å². The number of phenolic OH excluding ortho intramolecular Hbond substituents is 5. The van der Waals surface area contributed by atoms with E-state index in [4.69, 9.17) is 0 Å². The second kappa shape index (κ2) is 14.3. The highest BCUT2D eigenvalue weighted by Gasteiger charge is 2.25. The van der Waals surface area contributed by atoms with Crippen molar-refractivity contribution in [2.45, 2.75) is 0 Å². The molecule has 0 fully saturated rings. The van der Waals surface area contributed by atoms with Gasteiger partial charge in [-0.05, 0) is 114 Å². The van der Waals surface area contributed by atoms with Gasteiger partial charge in [0, 0.05) is 50.0 Å². The van der Waals surface area contributed by atoms with E-state index >= 15 is 0 Å². The van der Waals surface area contributed by atoms with E-state index in [9.17, 15) is 25.5 Å². The first kappa shape index (κ1) is 36.5. The number of nitrogens with zero attached hydrogens (tertiary/aromatic N) is 3. The lowest BCUT2D eigenvalue weighted by molar-refractivity contribution is 0.330. The van der Waals surface area contributed by atoms with Crippen LogP contribution in [0.1, 0.15) is 0 Å². The third-order valence-corrected chi connectivity index (χ3v) is 11.9. The molecule has 0 amide bonds. The summed E-state index contributed by atoms with van der Waals surface area (Å²) in [6.07, 6.45) is 0. The van der Waals surface area contributed by atoms with Crippen LogP contribution >= 0.6 is 0 Å². The Hall–Kier alpha value is -8.62. The summed E-state index contributed by atoms with van der Waals surface area (Å²) < 4.78 is 4.64. The Labute approximate surface area is 355 Å². The fraction of sp³-hybridized carbons (Fsp3) is 0. The third-order valence-electron chi connectivity index (χ3n) is 11.9. The highest BCUT2D eigenvalue weighted by atomic mass is 16.4. The lowest BCUT2D eigenvalue weighted by atomic mass is 10.0. The van der Waals surface area contributed by atoms with Crippen LogP contribution in [0.4, 0.5) is 17.1 Å². The molecule has 2 heterocycles. The number of benzene rings is 9. The number of aromatic hydroxyl groups is 5. The highest BCUT2D eigenvalue weighted by molar-refractivity contribution is 6.12. The van der Waals surface area contributed by atoms with Gasteiger partial charge in [0.05, 0.1) is 27.6 Å². The number of hydrogen-bond donors (Lipinski definition) is 5. The smallest absolute Gasteiger partial charge is 0.208 e. The van der Waals surface area contributed by atoms with Gasteiger partial charge in [-0.3, -0.25) is 0 Å². The molecular formula is C54H37N3O5. The highest BCUT2D eigenvalue weighted by Crippen LogP contribution is 2.55. The van der Waals surface area contributed by atoms with Gasteiger partial charge in [0.2, 0.25) is 17.2 Å². The molecule has 0 spiro atoms. The Morgan fingerprint density at radius 1 is 0.290 bits per heavy atom. The monoisotopic (exact) mass is 807 g/mol.